The molecule has 0 aromatic carbocycles. The van der Waals surface area contributed by atoms with Crippen LogP contribution in [0.3, 0.4) is 0 Å². The van der Waals surface area contributed by atoms with Gasteiger partial charge in [-0.2, -0.15) is 0 Å². The highest BCUT2D eigenvalue weighted by Crippen LogP contribution is 2.39. The molecule has 0 unspecified atom stereocenters. The number of pyridine rings is 1. The van der Waals surface area contributed by atoms with E-state index in [9.17, 15) is 9.59 Å². The molecule has 0 bridgehead atoms. The van der Waals surface area contributed by atoms with E-state index >= 15 is 0 Å². The van der Waals surface area contributed by atoms with E-state index in [1.807, 2.05) is 19.1 Å². The lowest BCUT2D eigenvalue weighted by atomic mass is 9.93. The second-order valence-electron chi connectivity index (χ2n) is 9.05. The molecule has 2 aromatic rings. The Balaban J connectivity index is 1.36. The fourth-order valence-electron chi connectivity index (χ4n) is 3.99. The largest absolute Gasteiger partial charge is 0.352 e. The molecule has 0 spiro atoms. The van der Waals surface area contributed by atoms with Crippen molar-refractivity contribution in [3.8, 4) is 0 Å². The van der Waals surface area contributed by atoms with Gasteiger partial charge in [0.05, 0.1) is 16.9 Å². The fourth-order valence-corrected chi connectivity index (χ4v) is 5.44. The third-order valence-electron chi connectivity index (χ3n) is 6.28. The number of carbonyl (C=O) groups excluding carboxylic acids is 2. The van der Waals surface area contributed by atoms with Crippen molar-refractivity contribution in [2.24, 2.45) is 16.8 Å². The predicted octanol–water partition coefficient (Wildman–Crippen LogP) is 4.27. The summed E-state index contributed by atoms with van der Waals surface area (Å²) >= 11 is 7.01. The molecule has 2 saturated carbocycles. The van der Waals surface area contributed by atoms with Gasteiger partial charge in [-0.15, -0.1) is 11.3 Å². The quantitative estimate of drug-likeness (QED) is 0.536. The molecule has 2 heterocycles. The van der Waals surface area contributed by atoms with Gasteiger partial charge in [0.25, 0.3) is 5.91 Å². The Morgan fingerprint density at radius 1 is 1.21 bits per heavy atom. The number of amides is 2. The maximum absolute atomic E-state index is 13.2. The number of anilines is 2. The first-order valence-corrected chi connectivity index (χ1v) is 12.7. The van der Waals surface area contributed by atoms with Gasteiger partial charge in [-0.05, 0) is 81.3 Å². The van der Waals surface area contributed by atoms with Crippen LogP contribution in [0, 0.1) is 18.8 Å². The number of hydrogen-bond donors (Lipinski definition) is 3. The standard InChI is InChI=1S/C24H27N5O2S2/c1-13-18(3-2-10-25-13)28-24(32)27-16-8-9-19-17(11-16)20(22(31)26-12-14-4-5-14)23(33-19)29-21(30)15-6-7-15/h2-3,10,14-15H,4-9,11-12H2,1H3,(H,26,31)(H,28,32)(H,29,30). The van der Waals surface area contributed by atoms with E-state index in [0.717, 1.165) is 53.2 Å². The fraction of sp³-hybridized carbons (Fsp3) is 0.458. The van der Waals surface area contributed by atoms with E-state index in [2.05, 4.69) is 25.9 Å². The third kappa shape index (κ3) is 5.30. The van der Waals surface area contributed by atoms with E-state index in [1.54, 1.807) is 6.20 Å². The number of aryl methyl sites for hydroxylation is 2. The Labute approximate surface area is 202 Å². The molecule has 9 heteroatoms. The van der Waals surface area contributed by atoms with Crippen molar-refractivity contribution in [1.29, 1.82) is 0 Å². The molecule has 0 radical (unpaired) electrons. The second-order valence-corrected chi connectivity index (χ2v) is 10.5. The maximum atomic E-state index is 13.2. The minimum absolute atomic E-state index is 0.0240. The SMILES string of the molecule is Cc1ncccc1NC(=S)N=C1CCc2sc(NC(=O)C3CC3)c(C(=O)NCC3CC3)c2C1. The molecule has 0 aliphatic heterocycles. The third-order valence-corrected chi connectivity index (χ3v) is 7.68. The summed E-state index contributed by atoms with van der Waals surface area (Å²) in [6, 6.07) is 3.77. The van der Waals surface area contributed by atoms with E-state index in [0.29, 0.717) is 34.6 Å². The highest BCUT2D eigenvalue weighted by atomic mass is 32.1. The lowest BCUT2D eigenvalue weighted by molar-refractivity contribution is -0.117. The number of aromatic nitrogens is 1. The van der Waals surface area contributed by atoms with Gasteiger partial charge in [0, 0.05) is 35.7 Å². The number of thiophene rings is 1. The Kier molecular flexibility index (Phi) is 6.25. The van der Waals surface area contributed by atoms with Gasteiger partial charge in [0.2, 0.25) is 5.91 Å². The number of hydrogen-bond acceptors (Lipinski definition) is 5. The predicted molar refractivity (Wildman–Crippen MR) is 135 cm³/mol. The molecule has 172 valence electrons. The molecule has 7 nitrogen and oxygen atoms in total. The zero-order valence-electron chi connectivity index (χ0n) is 18.6. The van der Waals surface area contributed by atoms with E-state index in [4.69, 9.17) is 12.2 Å². The van der Waals surface area contributed by atoms with Gasteiger partial charge in [-0.1, -0.05) is 0 Å². The lowest BCUT2D eigenvalue weighted by Gasteiger charge is -2.16. The van der Waals surface area contributed by atoms with E-state index in [-0.39, 0.29) is 17.7 Å². The topological polar surface area (TPSA) is 95.5 Å². The Morgan fingerprint density at radius 2 is 2.03 bits per heavy atom. The average Bonchev–Trinajstić information content (AvgIpc) is 3.70. The van der Waals surface area contributed by atoms with Crippen LogP contribution in [0.25, 0.3) is 0 Å². The molecular weight excluding hydrogens is 454 g/mol. The molecule has 33 heavy (non-hydrogen) atoms. The number of rotatable bonds is 6. The summed E-state index contributed by atoms with van der Waals surface area (Å²) in [5.41, 5.74) is 4.22. The Morgan fingerprint density at radius 3 is 2.76 bits per heavy atom. The van der Waals surface area contributed by atoms with Gasteiger partial charge in [-0.3, -0.25) is 14.6 Å². The lowest BCUT2D eigenvalue weighted by Crippen LogP contribution is -2.28. The Bertz CT molecular complexity index is 1150. The van der Waals surface area contributed by atoms with Crippen LogP contribution in [0.2, 0.25) is 0 Å². The summed E-state index contributed by atoms with van der Waals surface area (Å²) in [5, 5.41) is 10.4. The monoisotopic (exact) mass is 481 g/mol. The summed E-state index contributed by atoms with van der Waals surface area (Å²) in [6.45, 7) is 2.61. The summed E-state index contributed by atoms with van der Waals surface area (Å²) in [6.07, 6.45) is 8.07. The highest BCUT2D eigenvalue weighted by Gasteiger charge is 2.33. The van der Waals surface area contributed by atoms with Crippen LogP contribution in [-0.2, 0) is 17.6 Å². The Hall–Kier alpha value is -2.65. The molecule has 5 rings (SSSR count). The number of fused-ring (bicyclic) bond motifs is 1. The summed E-state index contributed by atoms with van der Waals surface area (Å²) < 4.78 is 0. The molecule has 3 aliphatic carbocycles. The molecule has 3 N–H and O–H groups in total. The van der Waals surface area contributed by atoms with Crippen LogP contribution >= 0.6 is 23.6 Å². The number of nitrogens with one attached hydrogen (secondary N) is 3. The van der Waals surface area contributed by atoms with Crippen molar-refractivity contribution in [3.63, 3.8) is 0 Å². The zero-order valence-corrected chi connectivity index (χ0v) is 20.2. The first-order valence-electron chi connectivity index (χ1n) is 11.5. The van der Waals surface area contributed by atoms with Gasteiger partial charge >= 0.3 is 0 Å². The van der Waals surface area contributed by atoms with Crippen LogP contribution in [0.1, 0.15) is 58.6 Å². The zero-order chi connectivity index (χ0) is 22.9. The highest BCUT2D eigenvalue weighted by molar-refractivity contribution is 7.80. The molecule has 2 aromatic heterocycles. The van der Waals surface area contributed by atoms with E-state index < -0.39 is 0 Å². The normalized spacial score (nSPS) is 18.5. The van der Waals surface area contributed by atoms with Gasteiger partial charge in [0.1, 0.15) is 5.00 Å². The molecular formula is C24H27N5O2S2. The summed E-state index contributed by atoms with van der Waals surface area (Å²) in [7, 11) is 0. The number of aliphatic imine (C=N–C) groups is 1. The van der Waals surface area contributed by atoms with Crippen LogP contribution in [0.15, 0.2) is 23.3 Å². The molecule has 2 amide bonds. The van der Waals surface area contributed by atoms with Crippen LogP contribution in [0.4, 0.5) is 10.7 Å². The number of carbonyl (C=O) groups is 2. The van der Waals surface area contributed by atoms with Crippen LogP contribution in [0.5, 0.6) is 0 Å². The first-order chi connectivity index (χ1) is 16.0. The average molecular weight is 482 g/mol. The van der Waals surface area contributed by atoms with Crippen molar-refractivity contribution in [1.82, 2.24) is 10.3 Å². The van der Waals surface area contributed by atoms with Crippen molar-refractivity contribution in [2.45, 2.75) is 51.9 Å². The molecule has 0 atom stereocenters. The number of thiocarbonyl (C=S) groups is 1. The van der Waals surface area contributed by atoms with Crippen molar-refractivity contribution < 1.29 is 9.59 Å². The molecule has 0 saturated heterocycles. The van der Waals surface area contributed by atoms with Crippen molar-refractivity contribution in [3.05, 3.63) is 40.0 Å². The molecule has 3 aliphatic rings. The van der Waals surface area contributed by atoms with Crippen molar-refractivity contribution in [2.75, 3.05) is 17.2 Å². The van der Waals surface area contributed by atoms with Gasteiger partial charge < -0.3 is 16.0 Å². The second kappa shape index (κ2) is 9.30. The summed E-state index contributed by atoms with van der Waals surface area (Å²) in [4.78, 5) is 35.7. The first kappa shape index (κ1) is 22.2. The van der Waals surface area contributed by atoms with Gasteiger partial charge in [0.15, 0.2) is 5.11 Å². The van der Waals surface area contributed by atoms with Crippen LogP contribution < -0.4 is 16.0 Å². The van der Waals surface area contributed by atoms with Gasteiger partial charge in [-0.25, -0.2) is 4.99 Å². The minimum atomic E-state index is -0.0987. The number of nitrogens with zero attached hydrogens (tertiary/aromatic N) is 2. The van der Waals surface area contributed by atoms with Crippen LogP contribution in [-0.4, -0.2) is 34.2 Å². The van der Waals surface area contributed by atoms with Crippen molar-refractivity contribution >= 4 is 56.9 Å². The van der Waals surface area contributed by atoms with E-state index in [1.165, 1.54) is 24.2 Å². The maximum Gasteiger partial charge on any atom is 0.254 e. The molecule has 2 fully saturated rings. The minimum Gasteiger partial charge on any atom is -0.352 e. The smallest absolute Gasteiger partial charge is 0.254 e. The summed E-state index contributed by atoms with van der Waals surface area (Å²) in [5.74, 6) is 0.599.